The van der Waals surface area contributed by atoms with E-state index in [1.807, 2.05) is 0 Å². The monoisotopic (exact) mass is 236 g/mol. The number of nitrogens with two attached hydrogens (primary N) is 1. The standard InChI is InChI=1S/C8H7F3N2O3/c9-8(10,11)7(1-2-7)4-3-5(16-13-4)15-6(12)14/h3H,1-2H2,(H2,12,14). The molecular weight excluding hydrogens is 229 g/mol. The summed E-state index contributed by atoms with van der Waals surface area (Å²) in [6.07, 6.45) is -5.63. The SMILES string of the molecule is NC(=O)Oc1cc(C2(C(F)(F)F)CC2)no1. The van der Waals surface area contributed by atoms with Gasteiger partial charge in [-0.05, 0) is 12.8 Å². The minimum atomic E-state index is -4.38. The van der Waals surface area contributed by atoms with Gasteiger partial charge in [0.2, 0.25) is 0 Å². The number of rotatable bonds is 2. The molecular formula is C8H7F3N2O3. The lowest BCUT2D eigenvalue weighted by Gasteiger charge is -2.15. The molecule has 1 aliphatic carbocycles. The van der Waals surface area contributed by atoms with Crippen molar-refractivity contribution in [3.63, 3.8) is 0 Å². The van der Waals surface area contributed by atoms with Gasteiger partial charge in [0.1, 0.15) is 11.1 Å². The molecule has 5 nitrogen and oxygen atoms in total. The first-order valence-corrected chi connectivity index (χ1v) is 4.36. The van der Waals surface area contributed by atoms with E-state index in [0.29, 0.717) is 0 Å². The fourth-order valence-electron chi connectivity index (χ4n) is 1.44. The zero-order valence-electron chi connectivity index (χ0n) is 7.87. The average Bonchev–Trinajstić information content (AvgIpc) is 2.82. The number of hydrogen-bond acceptors (Lipinski definition) is 4. The van der Waals surface area contributed by atoms with Crippen molar-refractivity contribution in [1.82, 2.24) is 5.16 Å². The van der Waals surface area contributed by atoms with Crippen LogP contribution in [-0.4, -0.2) is 17.4 Å². The first kappa shape index (κ1) is 10.8. The number of amides is 1. The van der Waals surface area contributed by atoms with Crippen molar-refractivity contribution in [2.75, 3.05) is 0 Å². The Bertz CT molecular complexity index is 422. The Balaban J connectivity index is 2.23. The summed E-state index contributed by atoms with van der Waals surface area (Å²) in [5, 5.41) is 3.24. The van der Waals surface area contributed by atoms with Gasteiger partial charge in [-0.2, -0.15) is 13.2 Å². The largest absolute Gasteiger partial charge is 0.412 e. The van der Waals surface area contributed by atoms with Gasteiger partial charge in [0.25, 0.3) is 0 Å². The van der Waals surface area contributed by atoms with Crippen LogP contribution in [0.2, 0.25) is 0 Å². The number of primary amides is 1. The Morgan fingerprint density at radius 2 is 2.19 bits per heavy atom. The van der Waals surface area contributed by atoms with Crippen LogP contribution in [0, 0.1) is 0 Å². The van der Waals surface area contributed by atoms with Crippen molar-refractivity contribution in [3.8, 4) is 5.95 Å². The molecule has 0 unspecified atom stereocenters. The normalized spacial score (nSPS) is 18.2. The van der Waals surface area contributed by atoms with Gasteiger partial charge in [-0.15, -0.1) is 0 Å². The van der Waals surface area contributed by atoms with E-state index in [1.54, 1.807) is 0 Å². The third-order valence-electron chi connectivity index (χ3n) is 2.47. The predicted octanol–water partition coefficient (Wildman–Crippen LogP) is 1.73. The summed E-state index contributed by atoms with van der Waals surface area (Å²) in [6.45, 7) is 0. The summed E-state index contributed by atoms with van der Waals surface area (Å²) in [5.41, 5.74) is 2.44. The maximum Gasteiger partial charge on any atom is 0.412 e. The van der Waals surface area contributed by atoms with Crippen LogP contribution in [0.5, 0.6) is 5.95 Å². The molecule has 8 heteroatoms. The Kier molecular flexibility index (Phi) is 2.11. The molecule has 0 spiro atoms. The zero-order valence-corrected chi connectivity index (χ0v) is 7.87. The van der Waals surface area contributed by atoms with Crippen molar-refractivity contribution in [2.24, 2.45) is 5.73 Å². The van der Waals surface area contributed by atoms with E-state index in [-0.39, 0.29) is 18.5 Å². The van der Waals surface area contributed by atoms with Crippen molar-refractivity contribution in [3.05, 3.63) is 11.8 Å². The lowest BCUT2D eigenvalue weighted by atomic mass is 10.0. The molecule has 1 aromatic heterocycles. The van der Waals surface area contributed by atoms with Crippen LogP contribution in [0.3, 0.4) is 0 Å². The lowest BCUT2D eigenvalue weighted by molar-refractivity contribution is -0.161. The third-order valence-corrected chi connectivity index (χ3v) is 2.47. The molecule has 0 saturated heterocycles. The van der Waals surface area contributed by atoms with Crippen LogP contribution in [0.4, 0.5) is 18.0 Å². The van der Waals surface area contributed by atoms with E-state index in [0.717, 1.165) is 6.07 Å². The number of ether oxygens (including phenoxy) is 1. The van der Waals surface area contributed by atoms with E-state index >= 15 is 0 Å². The Labute approximate surface area is 87.3 Å². The summed E-state index contributed by atoms with van der Waals surface area (Å²) in [7, 11) is 0. The first-order valence-electron chi connectivity index (χ1n) is 4.36. The minimum absolute atomic E-state index is 0.0426. The second kappa shape index (κ2) is 3.13. The van der Waals surface area contributed by atoms with E-state index < -0.39 is 23.6 Å². The average molecular weight is 236 g/mol. The van der Waals surface area contributed by atoms with Crippen molar-refractivity contribution < 1.29 is 27.2 Å². The molecule has 1 aliphatic rings. The highest BCUT2D eigenvalue weighted by atomic mass is 19.4. The van der Waals surface area contributed by atoms with Crippen LogP contribution >= 0.6 is 0 Å². The van der Waals surface area contributed by atoms with Crippen LogP contribution in [0.15, 0.2) is 10.6 Å². The number of hydrogen-bond donors (Lipinski definition) is 1. The molecule has 2 rings (SSSR count). The van der Waals surface area contributed by atoms with E-state index in [9.17, 15) is 18.0 Å². The predicted molar refractivity (Wildman–Crippen MR) is 43.7 cm³/mol. The Hall–Kier alpha value is -1.73. The van der Waals surface area contributed by atoms with Gasteiger partial charge < -0.3 is 15.0 Å². The first-order chi connectivity index (χ1) is 7.35. The van der Waals surface area contributed by atoms with Crippen LogP contribution in [0.1, 0.15) is 18.5 Å². The lowest BCUT2D eigenvalue weighted by Crippen LogP contribution is -2.28. The van der Waals surface area contributed by atoms with E-state index in [1.165, 1.54) is 0 Å². The summed E-state index contributed by atoms with van der Waals surface area (Å²) in [4.78, 5) is 10.3. The van der Waals surface area contributed by atoms with E-state index in [4.69, 9.17) is 0 Å². The smallest absolute Gasteiger partial charge is 0.374 e. The van der Waals surface area contributed by atoms with Crippen LogP contribution in [0.25, 0.3) is 0 Å². The molecule has 16 heavy (non-hydrogen) atoms. The fraction of sp³-hybridized carbons (Fsp3) is 0.500. The quantitative estimate of drug-likeness (QED) is 0.847. The van der Waals surface area contributed by atoms with E-state index in [2.05, 4.69) is 20.2 Å². The molecule has 1 saturated carbocycles. The Morgan fingerprint density at radius 3 is 2.62 bits per heavy atom. The number of carbonyl (C=O) groups excluding carboxylic acids is 1. The van der Waals surface area contributed by atoms with Crippen molar-refractivity contribution in [1.29, 1.82) is 0 Å². The molecule has 1 fully saturated rings. The summed E-state index contributed by atoms with van der Waals surface area (Å²) in [5.74, 6) is -0.432. The number of alkyl halides is 3. The van der Waals surface area contributed by atoms with Gasteiger partial charge >= 0.3 is 18.2 Å². The van der Waals surface area contributed by atoms with Crippen molar-refractivity contribution >= 4 is 6.09 Å². The number of carbonyl (C=O) groups is 1. The molecule has 0 bridgehead atoms. The summed E-state index contributed by atoms with van der Waals surface area (Å²) in [6, 6.07) is 0.936. The maximum atomic E-state index is 12.6. The van der Waals surface area contributed by atoms with Gasteiger partial charge in [0, 0.05) is 6.07 Å². The van der Waals surface area contributed by atoms with Gasteiger partial charge in [-0.1, -0.05) is 5.16 Å². The van der Waals surface area contributed by atoms with Gasteiger partial charge in [-0.25, -0.2) is 4.79 Å². The van der Waals surface area contributed by atoms with Crippen LogP contribution in [-0.2, 0) is 5.41 Å². The molecule has 0 aliphatic heterocycles. The second-order valence-corrected chi connectivity index (χ2v) is 3.53. The third kappa shape index (κ3) is 1.59. The molecule has 0 radical (unpaired) electrons. The maximum absolute atomic E-state index is 12.6. The molecule has 0 atom stereocenters. The minimum Gasteiger partial charge on any atom is -0.374 e. The fourth-order valence-corrected chi connectivity index (χ4v) is 1.44. The van der Waals surface area contributed by atoms with Crippen LogP contribution < -0.4 is 10.5 Å². The van der Waals surface area contributed by atoms with Gasteiger partial charge in [0.15, 0.2) is 0 Å². The highest BCUT2D eigenvalue weighted by Gasteiger charge is 2.66. The van der Waals surface area contributed by atoms with Gasteiger partial charge in [-0.3, -0.25) is 0 Å². The molecule has 88 valence electrons. The molecule has 1 amide bonds. The molecule has 0 aromatic carbocycles. The number of halogens is 3. The summed E-state index contributed by atoms with van der Waals surface area (Å²) >= 11 is 0. The highest BCUT2D eigenvalue weighted by Crippen LogP contribution is 2.58. The topological polar surface area (TPSA) is 78.4 Å². The highest BCUT2D eigenvalue weighted by molar-refractivity contribution is 5.67. The van der Waals surface area contributed by atoms with Crippen molar-refractivity contribution in [2.45, 2.75) is 24.4 Å². The number of aromatic nitrogens is 1. The number of nitrogens with zero attached hydrogens (tertiary/aromatic N) is 1. The second-order valence-electron chi connectivity index (χ2n) is 3.53. The molecule has 1 heterocycles. The molecule has 2 N–H and O–H groups in total. The van der Waals surface area contributed by atoms with Gasteiger partial charge in [0.05, 0.1) is 0 Å². The zero-order chi connectivity index (χ0) is 12.0. The Morgan fingerprint density at radius 1 is 1.56 bits per heavy atom. The summed E-state index contributed by atoms with van der Waals surface area (Å²) < 4.78 is 46.6. The molecule has 1 aromatic rings.